The summed E-state index contributed by atoms with van der Waals surface area (Å²) in [7, 11) is 0. The Bertz CT molecular complexity index is 225. The fourth-order valence-electron chi connectivity index (χ4n) is 1.67. The maximum absolute atomic E-state index is 11.6. The van der Waals surface area contributed by atoms with Crippen LogP contribution in [-0.2, 0) is 4.79 Å². The van der Waals surface area contributed by atoms with Crippen LogP contribution in [0.2, 0.25) is 0 Å². The first-order valence-corrected chi connectivity index (χ1v) is 4.75. The average molecular weight is 183 g/mol. The Hall–Kier alpha value is -0.670. The van der Waals surface area contributed by atoms with Crippen LogP contribution in [0.4, 0.5) is 0 Å². The molecule has 2 unspecified atom stereocenters. The van der Waals surface area contributed by atoms with Crippen LogP contribution in [0.3, 0.4) is 0 Å². The van der Waals surface area contributed by atoms with Crippen LogP contribution in [0.1, 0.15) is 26.2 Å². The van der Waals surface area contributed by atoms with Gasteiger partial charge in [-0.2, -0.15) is 0 Å². The number of rotatable bonds is 4. The van der Waals surface area contributed by atoms with Gasteiger partial charge in [-0.05, 0) is 12.8 Å². The summed E-state index contributed by atoms with van der Waals surface area (Å²) >= 11 is 0. The van der Waals surface area contributed by atoms with Crippen molar-refractivity contribution in [3.05, 3.63) is 12.2 Å². The van der Waals surface area contributed by atoms with Crippen molar-refractivity contribution in [1.29, 1.82) is 0 Å². The zero-order chi connectivity index (χ0) is 9.90. The number of ketones is 1. The summed E-state index contributed by atoms with van der Waals surface area (Å²) in [5.74, 6) is 0.146. The first kappa shape index (κ1) is 10.4. The molecule has 0 fully saturated rings. The number of nitrogens with two attached hydrogens (primary N) is 1. The molecule has 0 heterocycles. The maximum Gasteiger partial charge on any atom is 0.156 e. The van der Waals surface area contributed by atoms with Gasteiger partial charge in [0.25, 0.3) is 0 Å². The van der Waals surface area contributed by atoms with Gasteiger partial charge in [-0.25, -0.2) is 0 Å². The van der Waals surface area contributed by atoms with E-state index < -0.39 is 5.54 Å². The van der Waals surface area contributed by atoms with Crippen molar-refractivity contribution >= 4 is 5.78 Å². The van der Waals surface area contributed by atoms with Gasteiger partial charge in [0.05, 0.1) is 5.54 Å². The molecular formula is C10H17NO2. The molecule has 0 spiro atoms. The molecule has 0 saturated carbocycles. The van der Waals surface area contributed by atoms with E-state index in [-0.39, 0.29) is 18.3 Å². The Morgan fingerprint density at radius 3 is 2.92 bits per heavy atom. The van der Waals surface area contributed by atoms with Gasteiger partial charge in [0.2, 0.25) is 0 Å². The molecule has 1 rings (SSSR count). The largest absolute Gasteiger partial charge is 0.396 e. The van der Waals surface area contributed by atoms with Crippen molar-refractivity contribution in [2.75, 3.05) is 6.61 Å². The molecule has 0 aromatic rings. The fraction of sp³-hybridized carbons (Fsp3) is 0.700. The zero-order valence-corrected chi connectivity index (χ0v) is 7.99. The van der Waals surface area contributed by atoms with Crippen LogP contribution in [0.25, 0.3) is 0 Å². The van der Waals surface area contributed by atoms with E-state index in [0.717, 1.165) is 6.42 Å². The van der Waals surface area contributed by atoms with Gasteiger partial charge in [-0.1, -0.05) is 19.1 Å². The van der Waals surface area contributed by atoms with Gasteiger partial charge >= 0.3 is 0 Å². The van der Waals surface area contributed by atoms with Gasteiger partial charge in [0, 0.05) is 18.9 Å². The summed E-state index contributed by atoms with van der Waals surface area (Å²) in [5, 5.41) is 8.89. The highest BCUT2D eigenvalue weighted by Crippen LogP contribution is 2.27. The van der Waals surface area contributed by atoms with Crippen molar-refractivity contribution in [3.8, 4) is 0 Å². The highest BCUT2D eigenvalue weighted by molar-refractivity contribution is 5.90. The molecule has 1 aliphatic carbocycles. The summed E-state index contributed by atoms with van der Waals surface area (Å²) in [5.41, 5.74) is 5.11. The monoisotopic (exact) mass is 183 g/mol. The predicted octanol–water partition coefficient (Wildman–Crippen LogP) is 0.621. The molecule has 0 saturated heterocycles. The summed E-state index contributed by atoms with van der Waals surface area (Å²) in [6.07, 6.45) is 5.50. The molecule has 1 aliphatic rings. The van der Waals surface area contributed by atoms with E-state index in [0.29, 0.717) is 12.8 Å². The minimum Gasteiger partial charge on any atom is -0.396 e. The second kappa shape index (κ2) is 4.03. The van der Waals surface area contributed by atoms with E-state index in [1.807, 2.05) is 13.0 Å². The van der Waals surface area contributed by atoms with Gasteiger partial charge in [-0.15, -0.1) is 0 Å². The van der Waals surface area contributed by atoms with E-state index >= 15 is 0 Å². The third-order valence-corrected chi connectivity index (χ3v) is 2.50. The molecule has 0 bridgehead atoms. The second-order valence-electron chi connectivity index (χ2n) is 3.72. The van der Waals surface area contributed by atoms with Crippen LogP contribution >= 0.6 is 0 Å². The Morgan fingerprint density at radius 2 is 2.46 bits per heavy atom. The Kier molecular flexibility index (Phi) is 3.22. The molecule has 0 aliphatic heterocycles. The van der Waals surface area contributed by atoms with Crippen molar-refractivity contribution in [2.45, 2.75) is 31.7 Å². The quantitative estimate of drug-likeness (QED) is 0.628. The molecule has 0 aromatic carbocycles. The van der Waals surface area contributed by atoms with E-state index in [9.17, 15) is 4.79 Å². The summed E-state index contributed by atoms with van der Waals surface area (Å²) in [4.78, 5) is 11.6. The lowest BCUT2D eigenvalue weighted by Crippen LogP contribution is -2.45. The number of carbonyl (C=O) groups excluding carboxylic acids is 1. The number of carbonyl (C=O) groups is 1. The van der Waals surface area contributed by atoms with Gasteiger partial charge < -0.3 is 10.8 Å². The maximum atomic E-state index is 11.6. The first-order chi connectivity index (χ1) is 6.12. The Labute approximate surface area is 78.6 Å². The summed E-state index contributed by atoms with van der Waals surface area (Å²) < 4.78 is 0. The average Bonchev–Trinajstić information content (AvgIpc) is 2.49. The number of aliphatic hydroxyl groups excluding tert-OH is 1. The molecule has 0 amide bonds. The fourth-order valence-corrected chi connectivity index (χ4v) is 1.67. The predicted molar refractivity (Wildman–Crippen MR) is 51.2 cm³/mol. The van der Waals surface area contributed by atoms with Crippen LogP contribution in [-0.4, -0.2) is 23.0 Å². The number of hydrogen-bond donors (Lipinski definition) is 2. The third-order valence-electron chi connectivity index (χ3n) is 2.50. The highest BCUT2D eigenvalue weighted by Gasteiger charge is 2.36. The van der Waals surface area contributed by atoms with Crippen molar-refractivity contribution in [1.82, 2.24) is 0 Å². The lowest BCUT2D eigenvalue weighted by Gasteiger charge is -2.21. The normalized spacial score (nSPS) is 32.4. The molecule has 3 nitrogen and oxygen atoms in total. The molecule has 3 heteroatoms. The SMILES string of the molecule is CCCC(=O)C1(N)C=CC(CO)C1. The molecule has 3 N–H and O–H groups in total. The van der Waals surface area contributed by atoms with Crippen LogP contribution < -0.4 is 5.73 Å². The van der Waals surface area contributed by atoms with Crippen molar-refractivity contribution in [3.63, 3.8) is 0 Å². The smallest absolute Gasteiger partial charge is 0.156 e. The topological polar surface area (TPSA) is 63.3 Å². The van der Waals surface area contributed by atoms with E-state index in [4.69, 9.17) is 10.8 Å². The summed E-state index contributed by atoms with van der Waals surface area (Å²) in [6, 6.07) is 0. The van der Waals surface area contributed by atoms with Gasteiger partial charge in [0.1, 0.15) is 0 Å². The van der Waals surface area contributed by atoms with E-state index in [2.05, 4.69) is 0 Å². The van der Waals surface area contributed by atoms with E-state index in [1.165, 1.54) is 0 Å². The highest BCUT2D eigenvalue weighted by atomic mass is 16.3. The number of hydrogen-bond acceptors (Lipinski definition) is 3. The molecule has 74 valence electrons. The van der Waals surface area contributed by atoms with Crippen LogP contribution in [0.15, 0.2) is 12.2 Å². The summed E-state index contributed by atoms with van der Waals surface area (Å²) in [6.45, 7) is 2.04. The Morgan fingerprint density at radius 1 is 1.77 bits per heavy atom. The molecule has 0 radical (unpaired) electrons. The molecular weight excluding hydrogens is 166 g/mol. The zero-order valence-electron chi connectivity index (χ0n) is 7.99. The minimum absolute atomic E-state index is 0.0609. The number of Topliss-reactive ketones (excluding diaryl/α,β-unsaturated/α-hetero) is 1. The third kappa shape index (κ3) is 2.17. The van der Waals surface area contributed by atoms with E-state index in [1.54, 1.807) is 6.08 Å². The lowest BCUT2D eigenvalue weighted by atomic mass is 9.89. The second-order valence-corrected chi connectivity index (χ2v) is 3.72. The van der Waals surface area contributed by atoms with Crippen molar-refractivity contribution in [2.24, 2.45) is 11.7 Å². The van der Waals surface area contributed by atoms with Crippen molar-refractivity contribution < 1.29 is 9.90 Å². The van der Waals surface area contributed by atoms with Crippen LogP contribution in [0.5, 0.6) is 0 Å². The number of aliphatic hydroxyl groups is 1. The lowest BCUT2D eigenvalue weighted by molar-refractivity contribution is -0.122. The van der Waals surface area contributed by atoms with Gasteiger partial charge in [-0.3, -0.25) is 4.79 Å². The van der Waals surface area contributed by atoms with Gasteiger partial charge in [0.15, 0.2) is 5.78 Å². The standard InChI is InChI=1S/C10H17NO2/c1-2-3-9(13)10(11)5-4-8(6-10)7-12/h4-5,8,12H,2-3,6-7,11H2,1H3. The molecule has 0 aromatic heterocycles. The van der Waals surface area contributed by atoms with Crippen LogP contribution in [0, 0.1) is 5.92 Å². The minimum atomic E-state index is -0.802. The molecule has 2 atom stereocenters. The molecule has 13 heavy (non-hydrogen) atoms. The first-order valence-electron chi connectivity index (χ1n) is 4.75. The Balaban J connectivity index is 2.59.